The highest BCUT2D eigenvalue weighted by molar-refractivity contribution is 6.36. The Bertz CT molecular complexity index is 6070. The quantitative estimate of drug-likeness (QED) is 0.103. The van der Waals surface area contributed by atoms with Crippen LogP contribution in [0.3, 0.4) is 0 Å². The zero-order valence-corrected chi connectivity index (χ0v) is 79.4. The molecule has 4 atom stereocenters. The normalized spacial score (nSPS) is 20.5. The minimum absolute atomic E-state index is 0.134. The van der Waals surface area contributed by atoms with Crippen molar-refractivity contribution < 1.29 is 23.4 Å². The van der Waals surface area contributed by atoms with Crippen LogP contribution in [0.25, 0.3) is 11.1 Å². The Labute approximate surface area is 803 Å². The number of ether oxygens (including phenoxy) is 4. The second-order valence-electron chi connectivity index (χ2n) is 36.3. The molecule has 130 heavy (non-hydrogen) atoms. The Morgan fingerprint density at radius 1 is 0.323 bits per heavy atom. The van der Waals surface area contributed by atoms with Gasteiger partial charge in [0, 0.05) is 161 Å². The van der Waals surface area contributed by atoms with E-state index in [1.807, 2.05) is 93.0 Å². The van der Waals surface area contributed by atoms with Gasteiger partial charge in [0.05, 0.1) is 63.3 Å². The SMILES string of the molecule is Cc1cccc(CN2CCC3(CC2)OC(c2cc(Cl)cc(Cl)c2)c2ccccc23)n1.Cc1coc(C)c1-c1ccc(CN2CCC3(CC2)OC(c2cc(Cl)cc(Cl)c2)c2ccccc23)nc1.Clc1cc(Cl)cc(C2OC3(CCN(Cc4ccc(N5CCCCC5)cn4)CC3)c3ccccc32)c1.Clc1cc(Cl)cc(C2OC3(CCN(Cc4ccccn4)CC3)c3ccccc32)c1. The first kappa shape index (κ1) is 90.6. The molecule has 0 saturated carbocycles. The first-order valence-electron chi connectivity index (χ1n) is 45.5. The summed E-state index contributed by atoms with van der Waals surface area (Å²) in [6.07, 6.45) is 18.6. The Kier molecular flexibility index (Phi) is 27.6. The Morgan fingerprint density at radius 2 is 0.654 bits per heavy atom. The third kappa shape index (κ3) is 19.9. The molecule has 9 aliphatic rings. The molecular formula is C108H105Cl8N9O5. The van der Waals surface area contributed by atoms with Crippen molar-refractivity contribution in [2.45, 2.75) is 164 Å². The van der Waals surface area contributed by atoms with Gasteiger partial charge < -0.3 is 28.3 Å². The first-order chi connectivity index (χ1) is 63.2. The highest BCUT2D eigenvalue weighted by Crippen LogP contribution is 2.57. The molecule has 4 spiro atoms. The van der Waals surface area contributed by atoms with E-state index in [9.17, 15) is 0 Å². The van der Waals surface area contributed by atoms with Crippen LogP contribution in [0, 0.1) is 20.8 Å². The summed E-state index contributed by atoms with van der Waals surface area (Å²) in [5.41, 5.74) is 23.3. The lowest BCUT2D eigenvalue weighted by molar-refractivity contribution is -0.0980. The number of fused-ring (bicyclic) bond motifs is 8. The van der Waals surface area contributed by atoms with Crippen LogP contribution in [-0.2, 0) is 67.5 Å². The maximum absolute atomic E-state index is 6.87. The monoisotopic (exact) mass is 1890 g/mol. The molecule has 14 nitrogen and oxygen atoms in total. The molecule has 0 radical (unpaired) electrons. The molecule has 14 heterocycles. The summed E-state index contributed by atoms with van der Waals surface area (Å²) < 4.78 is 32.9. The maximum atomic E-state index is 6.87. The standard InChI is InChI=1S/C30H28Cl2N2O2.C29H31Cl2N3O.C25H24Cl2N2O.C24H22Cl2N2O/c1-19-18-35-20(2)28(19)21-7-8-25(33-16-21)17-34-11-9-30(10-12-34)27-6-4-3-5-26(27)29(36-30)22-13-23(31)15-24(32)14-22;30-22-16-21(17-23(31)18-22)28-26-6-2-3-7-27(26)29(35-28)10-14-33(15-11-29)20-24-8-9-25(19-32-24)34-12-4-1-5-13-34;1-17-5-4-6-21(28-17)16-29-11-9-25(10-12-29)23-8-3-2-7-22(23)24(30-25)18-13-19(26)15-20(27)14-18;25-18-13-17(14-19(26)15-18)23-21-6-1-2-7-22(21)24(29-23)8-11-28(12-9-24)16-20-5-3-4-10-27-20/h3-8,13-16,18,29H,9-12,17H2,1-2H3;2-3,6-9,16-19,28H,1,4-5,10-15,20H2;2-8,13-15,24H,9-12,16H2,1H3;1-7,10,13-15,23H,8-9,11-12,16H2. The van der Waals surface area contributed by atoms with Crippen LogP contribution in [0.2, 0.25) is 40.2 Å². The van der Waals surface area contributed by atoms with E-state index in [1.54, 1.807) is 30.5 Å². The minimum atomic E-state index is -0.291. The van der Waals surface area contributed by atoms with Crippen LogP contribution in [0.4, 0.5) is 5.69 Å². The number of rotatable bonds is 14. The van der Waals surface area contributed by atoms with Crippen LogP contribution in [0.5, 0.6) is 0 Å². The van der Waals surface area contributed by atoms with Gasteiger partial charge in [0.25, 0.3) is 0 Å². The molecule has 4 unspecified atom stereocenters. The van der Waals surface area contributed by atoms with Gasteiger partial charge in [-0.25, -0.2) is 0 Å². The zero-order chi connectivity index (χ0) is 89.3. The number of pyridine rings is 4. The van der Waals surface area contributed by atoms with Gasteiger partial charge in [0.2, 0.25) is 0 Å². The Hall–Kier alpha value is -8.56. The highest BCUT2D eigenvalue weighted by atomic mass is 35.5. The molecule has 9 aliphatic heterocycles. The van der Waals surface area contributed by atoms with Crippen molar-refractivity contribution in [2.24, 2.45) is 0 Å². The fourth-order valence-corrected chi connectivity index (χ4v) is 23.5. The molecule has 668 valence electrons. The number of nitrogens with zero attached hydrogens (tertiary/aromatic N) is 9. The van der Waals surface area contributed by atoms with E-state index in [0.717, 1.165) is 216 Å². The Balaban J connectivity index is 0.000000113. The van der Waals surface area contributed by atoms with Gasteiger partial charge in [0.15, 0.2) is 0 Å². The molecule has 0 N–H and O–H groups in total. The molecule has 5 fully saturated rings. The van der Waals surface area contributed by atoms with Crippen LogP contribution < -0.4 is 4.90 Å². The number of furan rings is 1. The molecule has 5 aromatic heterocycles. The van der Waals surface area contributed by atoms with Crippen LogP contribution in [0.1, 0.15) is 202 Å². The first-order valence-corrected chi connectivity index (χ1v) is 48.5. The summed E-state index contributed by atoms with van der Waals surface area (Å²) in [5.74, 6) is 0.929. The van der Waals surface area contributed by atoms with Crippen molar-refractivity contribution in [2.75, 3.05) is 70.3 Å². The maximum Gasteiger partial charge on any atom is 0.109 e. The van der Waals surface area contributed by atoms with Crippen LogP contribution >= 0.6 is 92.8 Å². The van der Waals surface area contributed by atoms with Crippen molar-refractivity contribution in [1.29, 1.82) is 0 Å². The summed E-state index contributed by atoms with van der Waals surface area (Å²) in [5, 5.41) is 5.10. The van der Waals surface area contributed by atoms with Gasteiger partial charge in [-0.2, -0.15) is 0 Å². The molecule has 0 amide bonds. The Morgan fingerprint density at radius 3 is 0.969 bits per heavy atom. The third-order valence-electron chi connectivity index (χ3n) is 27.7. The van der Waals surface area contributed by atoms with E-state index < -0.39 is 0 Å². The second-order valence-corrected chi connectivity index (χ2v) is 39.8. The summed E-state index contributed by atoms with van der Waals surface area (Å²) in [6, 6.07) is 78.2. The summed E-state index contributed by atoms with van der Waals surface area (Å²) in [4.78, 5) is 31.1. The van der Waals surface area contributed by atoms with E-state index in [1.165, 1.54) is 69.5 Å². The topological polar surface area (TPSA) is 118 Å². The van der Waals surface area contributed by atoms with Crippen molar-refractivity contribution in [3.05, 3.63) is 402 Å². The van der Waals surface area contributed by atoms with Crippen LogP contribution in [0.15, 0.2) is 260 Å². The smallest absolute Gasteiger partial charge is 0.109 e. The van der Waals surface area contributed by atoms with E-state index in [2.05, 4.69) is 187 Å². The number of likely N-dealkylation sites (tertiary alicyclic amines) is 4. The van der Waals surface area contributed by atoms with Crippen molar-refractivity contribution in [3.63, 3.8) is 0 Å². The number of anilines is 1. The van der Waals surface area contributed by atoms with E-state index in [4.69, 9.17) is 126 Å². The minimum Gasteiger partial charge on any atom is -0.469 e. The summed E-state index contributed by atoms with van der Waals surface area (Å²) >= 11 is 50.4. The number of benzene rings is 8. The van der Waals surface area contributed by atoms with Crippen molar-refractivity contribution in [3.8, 4) is 11.1 Å². The number of aryl methyl sites for hydroxylation is 3. The molecular weight excluding hydrogens is 1790 g/mol. The molecule has 13 aromatic rings. The lowest BCUT2D eigenvalue weighted by atomic mass is 9.83. The third-order valence-corrected chi connectivity index (χ3v) is 29.5. The fourth-order valence-electron chi connectivity index (χ4n) is 21.3. The number of hydrogen-bond acceptors (Lipinski definition) is 14. The average Bonchev–Trinajstić information content (AvgIpc) is 1.60. The van der Waals surface area contributed by atoms with Gasteiger partial charge in [-0.05, 0) is 279 Å². The largest absolute Gasteiger partial charge is 0.469 e. The number of hydrogen-bond donors (Lipinski definition) is 0. The summed E-state index contributed by atoms with van der Waals surface area (Å²) in [7, 11) is 0. The fraction of sp³-hybridized carbons (Fsp3) is 0.333. The van der Waals surface area contributed by atoms with E-state index >= 15 is 0 Å². The van der Waals surface area contributed by atoms with Crippen LogP contribution in [-0.4, -0.2) is 105 Å². The lowest BCUT2D eigenvalue weighted by Gasteiger charge is -2.39. The van der Waals surface area contributed by atoms with E-state index in [-0.39, 0.29) is 46.8 Å². The molecule has 5 saturated heterocycles. The zero-order valence-electron chi connectivity index (χ0n) is 73.3. The van der Waals surface area contributed by atoms with Crippen molar-refractivity contribution >= 4 is 98.5 Å². The number of halogens is 8. The molecule has 22 rings (SSSR count). The summed E-state index contributed by atoms with van der Waals surface area (Å²) in [6.45, 7) is 19.6. The van der Waals surface area contributed by atoms with E-state index in [0.29, 0.717) is 40.2 Å². The molecule has 8 aromatic carbocycles. The molecule has 0 bridgehead atoms. The number of piperidine rings is 5. The highest BCUT2D eigenvalue weighted by Gasteiger charge is 2.52. The van der Waals surface area contributed by atoms with Gasteiger partial charge in [-0.3, -0.25) is 39.5 Å². The predicted octanol–water partition coefficient (Wildman–Crippen LogP) is 27.2. The average molecular weight is 1890 g/mol. The van der Waals surface area contributed by atoms with Gasteiger partial charge in [-0.1, -0.05) is 208 Å². The molecule has 0 aliphatic carbocycles. The second kappa shape index (κ2) is 39.5. The lowest BCUT2D eigenvalue weighted by Crippen LogP contribution is -2.42. The van der Waals surface area contributed by atoms with Gasteiger partial charge in [0.1, 0.15) is 30.2 Å². The van der Waals surface area contributed by atoms with Gasteiger partial charge in [-0.15, -0.1) is 0 Å². The molecule has 22 heteroatoms. The van der Waals surface area contributed by atoms with Gasteiger partial charge >= 0.3 is 0 Å². The van der Waals surface area contributed by atoms with Crippen molar-refractivity contribution in [1.82, 2.24) is 39.5 Å². The number of aromatic nitrogens is 4. The predicted molar refractivity (Wildman–Crippen MR) is 523 cm³/mol.